The van der Waals surface area contributed by atoms with Crippen molar-refractivity contribution < 1.29 is 10.6 Å². The van der Waals surface area contributed by atoms with Crippen LogP contribution in [0, 0.1) is 0 Å². The van der Waals surface area contributed by atoms with E-state index in [0.717, 1.165) is 33.9 Å². The lowest BCUT2D eigenvalue weighted by Crippen LogP contribution is -2.22. The fraction of sp³-hybridized carbons (Fsp3) is 0.385. The summed E-state index contributed by atoms with van der Waals surface area (Å²) in [4.78, 5) is 12.1. The van der Waals surface area contributed by atoms with Crippen molar-refractivity contribution in [2.24, 2.45) is 7.05 Å². The lowest BCUT2D eigenvalue weighted by molar-refractivity contribution is 0.289. The summed E-state index contributed by atoms with van der Waals surface area (Å²) >= 11 is 0. The number of rotatable bonds is 5. The Morgan fingerprint density at radius 2 is 2.41 bits per heavy atom. The van der Waals surface area contributed by atoms with Crippen molar-refractivity contribution >= 4 is 0 Å². The Kier molecular flexibility index (Phi) is 2.60. The first-order valence-electron chi connectivity index (χ1n) is 7.35. The van der Waals surface area contributed by atoms with E-state index in [2.05, 4.69) is 15.5 Å². The van der Waals surface area contributed by atoms with Gasteiger partial charge >= 0.3 is 5.69 Å². The van der Waals surface area contributed by atoms with E-state index in [-0.39, 0.29) is 12.3 Å². The number of ether oxygens (including phenoxy) is 1. The van der Waals surface area contributed by atoms with Gasteiger partial charge in [0.2, 0.25) is 5.88 Å². The van der Waals surface area contributed by atoms with Crippen LogP contribution in [0.3, 0.4) is 0 Å². The van der Waals surface area contributed by atoms with E-state index in [1.165, 1.54) is 24.2 Å². The zero-order valence-corrected chi connectivity index (χ0v) is 11.8. The SMILES string of the molecule is [3H]n1ccc(OCc2c(-n3nnn(C)c3=O)coc2C2CC2)n1. The van der Waals surface area contributed by atoms with Gasteiger partial charge < -0.3 is 9.15 Å². The molecular weight excluding hydrogens is 288 g/mol. The molecule has 1 fully saturated rings. The summed E-state index contributed by atoms with van der Waals surface area (Å²) in [5.74, 6) is 1.49. The van der Waals surface area contributed by atoms with Crippen molar-refractivity contribution in [3.05, 3.63) is 40.3 Å². The average Bonchev–Trinajstić information content (AvgIpc) is 3.03. The van der Waals surface area contributed by atoms with Crippen LogP contribution in [-0.4, -0.2) is 30.0 Å². The fourth-order valence-corrected chi connectivity index (χ4v) is 2.31. The molecule has 0 spiro atoms. The van der Waals surface area contributed by atoms with E-state index in [4.69, 9.17) is 10.6 Å². The van der Waals surface area contributed by atoms with Gasteiger partial charge in [-0.05, 0) is 23.3 Å². The Labute approximate surface area is 125 Å². The van der Waals surface area contributed by atoms with Crippen molar-refractivity contribution in [1.82, 2.24) is 30.0 Å². The van der Waals surface area contributed by atoms with Crippen LogP contribution in [0.15, 0.2) is 27.7 Å². The highest BCUT2D eigenvalue weighted by Crippen LogP contribution is 2.43. The minimum atomic E-state index is -0.357. The maximum atomic E-state index is 12.1. The molecule has 9 nitrogen and oxygen atoms in total. The minimum absolute atomic E-state index is 0.178. The number of aromatic amines is 1. The van der Waals surface area contributed by atoms with E-state index in [0.29, 0.717) is 17.5 Å². The fourth-order valence-electron chi connectivity index (χ4n) is 2.31. The summed E-state index contributed by atoms with van der Waals surface area (Å²) in [7, 11) is 1.53. The summed E-state index contributed by atoms with van der Waals surface area (Å²) in [5, 5.41) is 12.3. The summed E-state index contributed by atoms with van der Waals surface area (Å²) < 4.78 is 20.9. The van der Waals surface area contributed by atoms with Crippen LogP contribution in [0.2, 0.25) is 1.41 Å². The number of tetrazole rings is 1. The topological polar surface area (TPSA) is 104 Å². The molecule has 0 radical (unpaired) electrons. The molecule has 114 valence electrons. The molecule has 0 saturated heterocycles. The van der Waals surface area contributed by atoms with Crippen molar-refractivity contribution in [2.75, 3.05) is 0 Å². The van der Waals surface area contributed by atoms with Crippen LogP contribution >= 0.6 is 0 Å². The van der Waals surface area contributed by atoms with Crippen LogP contribution in [0.25, 0.3) is 5.69 Å². The van der Waals surface area contributed by atoms with E-state index in [9.17, 15) is 4.79 Å². The van der Waals surface area contributed by atoms with Gasteiger partial charge in [0.05, 0.1) is 5.56 Å². The zero-order valence-electron chi connectivity index (χ0n) is 12.8. The number of H-pyrrole nitrogens is 1. The summed E-state index contributed by atoms with van der Waals surface area (Å²) in [6.07, 6.45) is 5.08. The van der Waals surface area contributed by atoms with Gasteiger partial charge in [-0.1, -0.05) is 0 Å². The van der Waals surface area contributed by atoms with Gasteiger partial charge in [-0.15, -0.1) is 5.10 Å². The van der Waals surface area contributed by atoms with Crippen LogP contribution in [0.5, 0.6) is 5.88 Å². The van der Waals surface area contributed by atoms with Gasteiger partial charge in [0.25, 0.3) is 0 Å². The molecule has 0 aromatic carbocycles. The van der Waals surface area contributed by atoms with Crippen LogP contribution in [-0.2, 0) is 13.7 Å². The molecule has 0 aliphatic heterocycles. The second-order valence-electron chi connectivity index (χ2n) is 5.19. The number of hydrogen-bond acceptors (Lipinski definition) is 6. The molecule has 1 aliphatic carbocycles. The molecule has 3 aromatic heterocycles. The van der Waals surface area contributed by atoms with Crippen LogP contribution < -0.4 is 10.4 Å². The highest BCUT2D eigenvalue weighted by atomic mass is 16.5. The monoisotopic (exact) mass is 304 g/mol. The first kappa shape index (κ1) is 11.8. The average molecular weight is 304 g/mol. The molecular formula is C13H14N6O3. The largest absolute Gasteiger partial charge is 0.472 e. The predicted molar refractivity (Wildman–Crippen MR) is 73.8 cm³/mol. The molecule has 1 aliphatic rings. The Bertz CT molecular complexity index is 903. The van der Waals surface area contributed by atoms with Crippen molar-refractivity contribution in [1.29, 1.82) is 0 Å². The Hall–Kier alpha value is -2.84. The number of nitrogens with one attached hydrogen (secondary N) is 1. The maximum Gasteiger partial charge on any atom is 0.368 e. The highest BCUT2D eigenvalue weighted by molar-refractivity contribution is 5.42. The number of nitrogens with zero attached hydrogens (tertiary/aromatic N) is 5. The molecule has 1 N–H and O–H groups in total. The van der Waals surface area contributed by atoms with Gasteiger partial charge in [0, 0.05) is 25.2 Å². The molecule has 0 amide bonds. The van der Waals surface area contributed by atoms with Crippen molar-refractivity contribution in [3.63, 3.8) is 0 Å². The smallest absolute Gasteiger partial charge is 0.368 e. The third-order valence-corrected chi connectivity index (χ3v) is 3.61. The molecule has 0 unspecified atom stereocenters. The first-order chi connectivity index (χ1) is 11.1. The third-order valence-electron chi connectivity index (χ3n) is 3.61. The molecule has 1 saturated carbocycles. The van der Waals surface area contributed by atoms with Crippen molar-refractivity contribution in [2.45, 2.75) is 25.4 Å². The van der Waals surface area contributed by atoms with Gasteiger partial charge in [-0.2, -0.15) is 9.36 Å². The van der Waals surface area contributed by atoms with E-state index in [1.54, 1.807) is 6.07 Å². The molecule has 3 heterocycles. The Morgan fingerprint density at radius 3 is 3.05 bits per heavy atom. The molecule has 4 rings (SSSR count). The molecule has 22 heavy (non-hydrogen) atoms. The first-order valence-corrected chi connectivity index (χ1v) is 6.91. The maximum absolute atomic E-state index is 12.1. The molecule has 0 bridgehead atoms. The van der Waals surface area contributed by atoms with E-state index < -0.39 is 0 Å². The summed E-state index contributed by atoms with van der Waals surface area (Å²) in [5.41, 5.74) is 0.926. The zero-order chi connectivity index (χ0) is 16.0. The van der Waals surface area contributed by atoms with Gasteiger partial charge in [0.15, 0.2) is 1.41 Å². The number of aryl methyl sites for hydroxylation is 1. The second-order valence-corrected chi connectivity index (χ2v) is 5.19. The quantitative estimate of drug-likeness (QED) is 0.745. The third kappa shape index (κ3) is 2.10. The molecule has 9 heteroatoms. The molecule has 3 aromatic rings. The van der Waals surface area contributed by atoms with E-state index in [1.807, 2.05) is 0 Å². The van der Waals surface area contributed by atoms with Gasteiger partial charge in [-0.25, -0.2) is 4.79 Å². The predicted octanol–water partition coefficient (Wildman–Crippen LogP) is 0.738. The lowest BCUT2D eigenvalue weighted by Gasteiger charge is -2.05. The summed E-state index contributed by atoms with van der Waals surface area (Å²) in [6, 6.07) is 1.60. The summed E-state index contributed by atoms with van der Waals surface area (Å²) in [6.45, 7) is 0.178. The lowest BCUT2D eigenvalue weighted by atomic mass is 10.2. The number of hydrogen-bond donors (Lipinski definition) is 1. The molecule has 0 atom stereocenters. The van der Waals surface area contributed by atoms with Gasteiger partial charge in [0.1, 0.15) is 24.3 Å². The van der Waals surface area contributed by atoms with Crippen LogP contribution in [0.1, 0.15) is 30.1 Å². The highest BCUT2D eigenvalue weighted by Gasteiger charge is 2.32. The van der Waals surface area contributed by atoms with Gasteiger partial charge in [-0.3, -0.25) is 5.09 Å². The minimum Gasteiger partial charge on any atom is -0.472 e. The normalized spacial score (nSPS) is 15.0. The second kappa shape index (κ2) is 4.86. The Morgan fingerprint density at radius 1 is 1.55 bits per heavy atom. The van der Waals surface area contributed by atoms with Crippen LogP contribution in [0.4, 0.5) is 0 Å². The number of aromatic nitrogens is 6. The Balaban J connectivity index is 1.69. The standard InChI is InChI=1S/C13H14N6O3/c1-18-13(20)19(17-16-18)10-7-22-12(8-2-3-8)9(10)6-21-11-4-5-14-15-11/h4-5,7-8H,2-3,6H2,1H3,(H,14,15)/i/hT. The number of furan rings is 1. The van der Waals surface area contributed by atoms with Crippen molar-refractivity contribution in [3.8, 4) is 11.6 Å². The van der Waals surface area contributed by atoms with E-state index >= 15 is 0 Å².